The van der Waals surface area contributed by atoms with Crippen LogP contribution < -0.4 is 0 Å². The van der Waals surface area contributed by atoms with Crippen LogP contribution in [0.2, 0.25) is 0 Å². The lowest BCUT2D eigenvalue weighted by Gasteiger charge is -2.15. The van der Waals surface area contributed by atoms with Crippen LogP contribution in [0.3, 0.4) is 0 Å². The van der Waals surface area contributed by atoms with Crippen molar-refractivity contribution in [2.75, 3.05) is 0 Å². The van der Waals surface area contributed by atoms with E-state index < -0.39 is 0 Å². The first-order valence-corrected chi connectivity index (χ1v) is 21.7. The van der Waals surface area contributed by atoms with Gasteiger partial charge in [0.05, 0.1) is 27.8 Å². The molecule has 0 amide bonds. The van der Waals surface area contributed by atoms with Crippen molar-refractivity contribution >= 4 is 65.2 Å². The number of fused-ring (bicyclic) bond motifs is 9. The van der Waals surface area contributed by atoms with Gasteiger partial charge < -0.3 is 9.13 Å². The summed E-state index contributed by atoms with van der Waals surface area (Å²) in [4.78, 5) is 15.6. The van der Waals surface area contributed by atoms with E-state index in [9.17, 15) is 0 Å². The molecule has 0 aliphatic carbocycles. The molecule has 0 spiro atoms. The Morgan fingerprint density at radius 3 is 1.59 bits per heavy atom. The first-order chi connectivity index (χ1) is 31.7. The molecule has 5 heteroatoms. The van der Waals surface area contributed by atoms with Gasteiger partial charge in [0, 0.05) is 43.9 Å². The van der Waals surface area contributed by atoms with Gasteiger partial charge in [-0.3, -0.25) is 0 Å². The van der Waals surface area contributed by atoms with Gasteiger partial charge in [-0.05, 0) is 87.3 Å². The number of nitrogens with zero attached hydrogens (tertiary/aromatic N) is 5. The van der Waals surface area contributed by atoms with Crippen LogP contribution in [0.4, 0.5) is 0 Å². The summed E-state index contributed by atoms with van der Waals surface area (Å²) >= 11 is 0. The molecule has 0 N–H and O–H groups in total. The minimum atomic E-state index is 0.608. The van der Waals surface area contributed by atoms with Crippen molar-refractivity contribution in [2.45, 2.75) is 0 Å². The standard InChI is InChI=1S/C59H37N5/c1-3-15-38(16-4-1)39-27-29-42(30-28-39)58-60-57(41-18-5-2-6-19-41)61-59(62-58)48-24-12-14-26-52(48)64-53-34-32-45(37-50(53)49-35-43-20-7-8-21-44(43)36-55(49)64)63-51-25-13-11-23-47(51)56-46-22-10-9-17-40(46)31-33-54(56)63/h1-37H. The molecule has 0 bridgehead atoms. The van der Waals surface area contributed by atoms with Gasteiger partial charge in [0.15, 0.2) is 17.5 Å². The molecule has 0 atom stereocenters. The van der Waals surface area contributed by atoms with Crippen LogP contribution in [0.5, 0.6) is 0 Å². The molecule has 0 aliphatic rings. The number of hydrogen-bond donors (Lipinski definition) is 0. The second-order valence-corrected chi connectivity index (χ2v) is 16.4. The Labute approximate surface area is 368 Å². The molecule has 0 saturated heterocycles. The normalized spacial score (nSPS) is 11.8. The molecule has 298 valence electrons. The lowest BCUT2D eigenvalue weighted by Crippen LogP contribution is -2.03. The molecule has 10 aromatic carbocycles. The third kappa shape index (κ3) is 5.75. The number of benzene rings is 10. The summed E-state index contributed by atoms with van der Waals surface area (Å²) in [5.41, 5.74) is 11.8. The van der Waals surface area contributed by atoms with Gasteiger partial charge in [0.1, 0.15) is 0 Å². The van der Waals surface area contributed by atoms with E-state index >= 15 is 0 Å². The Morgan fingerprint density at radius 2 is 0.812 bits per heavy atom. The second kappa shape index (κ2) is 14.5. The van der Waals surface area contributed by atoms with Crippen LogP contribution in [0.1, 0.15) is 0 Å². The van der Waals surface area contributed by atoms with Gasteiger partial charge in [-0.2, -0.15) is 0 Å². The fourth-order valence-corrected chi connectivity index (χ4v) is 9.75. The largest absolute Gasteiger partial charge is 0.309 e. The zero-order valence-corrected chi connectivity index (χ0v) is 34.6. The molecular formula is C59H37N5. The van der Waals surface area contributed by atoms with E-state index in [4.69, 9.17) is 15.0 Å². The zero-order chi connectivity index (χ0) is 42.1. The highest BCUT2D eigenvalue weighted by atomic mass is 15.1. The van der Waals surface area contributed by atoms with Crippen molar-refractivity contribution in [3.05, 3.63) is 224 Å². The molecule has 0 fully saturated rings. The maximum absolute atomic E-state index is 5.27. The van der Waals surface area contributed by atoms with Crippen LogP contribution in [0, 0.1) is 0 Å². The monoisotopic (exact) mass is 815 g/mol. The average Bonchev–Trinajstić information content (AvgIpc) is 3.88. The lowest BCUT2D eigenvalue weighted by molar-refractivity contribution is 1.06. The summed E-state index contributed by atoms with van der Waals surface area (Å²) in [7, 11) is 0. The van der Waals surface area contributed by atoms with E-state index in [0.717, 1.165) is 44.7 Å². The van der Waals surface area contributed by atoms with Gasteiger partial charge in [0.25, 0.3) is 0 Å². The van der Waals surface area contributed by atoms with Gasteiger partial charge in [-0.1, -0.05) is 170 Å². The number of para-hydroxylation sites is 2. The van der Waals surface area contributed by atoms with Gasteiger partial charge in [-0.15, -0.1) is 0 Å². The van der Waals surface area contributed by atoms with Crippen LogP contribution in [0.15, 0.2) is 224 Å². The summed E-state index contributed by atoms with van der Waals surface area (Å²) in [6.45, 7) is 0. The van der Waals surface area contributed by atoms with Gasteiger partial charge in [0.2, 0.25) is 0 Å². The highest BCUT2D eigenvalue weighted by Gasteiger charge is 2.22. The van der Waals surface area contributed by atoms with E-state index in [-0.39, 0.29) is 0 Å². The molecule has 0 unspecified atom stereocenters. The molecule has 13 rings (SSSR count). The Kier molecular flexibility index (Phi) is 8.15. The number of rotatable bonds is 6. The maximum Gasteiger partial charge on any atom is 0.166 e. The third-order valence-corrected chi connectivity index (χ3v) is 12.7. The lowest BCUT2D eigenvalue weighted by atomic mass is 10.0. The van der Waals surface area contributed by atoms with Crippen molar-refractivity contribution < 1.29 is 0 Å². The zero-order valence-electron chi connectivity index (χ0n) is 34.6. The van der Waals surface area contributed by atoms with Gasteiger partial charge in [-0.25, -0.2) is 15.0 Å². The summed E-state index contributed by atoms with van der Waals surface area (Å²) in [6, 6.07) is 79.9. The van der Waals surface area contributed by atoms with Crippen LogP contribution >= 0.6 is 0 Å². The van der Waals surface area contributed by atoms with Crippen molar-refractivity contribution in [1.29, 1.82) is 0 Å². The molecule has 64 heavy (non-hydrogen) atoms. The van der Waals surface area contributed by atoms with Crippen molar-refractivity contribution in [3.8, 4) is 56.7 Å². The highest BCUT2D eigenvalue weighted by Crippen LogP contribution is 2.41. The topological polar surface area (TPSA) is 48.5 Å². The van der Waals surface area contributed by atoms with Crippen molar-refractivity contribution in [2.24, 2.45) is 0 Å². The molecule has 3 aromatic heterocycles. The second-order valence-electron chi connectivity index (χ2n) is 16.4. The van der Waals surface area contributed by atoms with E-state index in [2.05, 4.69) is 209 Å². The summed E-state index contributed by atoms with van der Waals surface area (Å²) in [5, 5.41) is 9.74. The minimum absolute atomic E-state index is 0.608. The molecule has 3 heterocycles. The van der Waals surface area contributed by atoms with Crippen molar-refractivity contribution in [3.63, 3.8) is 0 Å². The predicted molar refractivity (Wildman–Crippen MR) is 265 cm³/mol. The van der Waals surface area contributed by atoms with Crippen LogP contribution in [-0.4, -0.2) is 24.1 Å². The predicted octanol–water partition coefficient (Wildman–Crippen LogP) is 15.0. The number of aromatic nitrogens is 5. The third-order valence-electron chi connectivity index (χ3n) is 12.7. The van der Waals surface area contributed by atoms with Crippen LogP contribution in [0.25, 0.3) is 122 Å². The maximum atomic E-state index is 5.27. The van der Waals surface area contributed by atoms with E-state index in [0.29, 0.717) is 17.5 Å². The summed E-state index contributed by atoms with van der Waals surface area (Å²) in [5.74, 6) is 1.85. The molecule has 13 aromatic rings. The molecule has 5 nitrogen and oxygen atoms in total. The van der Waals surface area contributed by atoms with E-state index in [1.807, 2.05) is 24.3 Å². The van der Waals surface area contributed by atoms with Crippen LogP contribution in [-0.2, 0) is 0 Å². The molecule has 0 radical (unpaired) electrons. The van der Waals surface area contributed by atoms with E-state index in [1.54, 1.807) is 0 Å². The fourth-order valence-electron chi connectivity index (χ4n) is 9.75. The Bertz CT molecular complexity index is 3940. The minimum Gasteiger partial charge on any atom is -0.309 e. The van der Waals surface area contributed by atoms with E-state index in [1.165, 1.54) is 59.7 Å². The van der Waals surface area contributed by atoms with Crippen molar-refractivity contribution in [1.82, 2.24) is 24.1 Å². The quantitative estimate of drug-likeness (QED) is 0.168. The highest BCUT2D eigenvalue weighted by molar-refractivity contribution is 6.22. The summed E-state index contributed by atoms with van der Waals surface area (Å²) in [6.07, 6.45) is 0. The smallest absolute Gasteiger partial charge is 0.166 e. The van der Waals surface area contributed by atoms with Gasteiger partial charge >= 0.3 is 0 Å². The molecular weight excluding hydrogens is 779 g/mol. The SMILES string of the molecule is c1ccc(-c2ccc(-c3nc(-c4ccccc4)nc(-c4ccccc4-n4c5ccc(-n6c7ccccc7c7c8ccccc8ccc76)cc5c5cc6ccccc6cc54)n3)cc2)cc1. The first kappa shape index (κ1) is 36.0. The molecule has 0 saturated carbocycles. The Morgan fingerprint density at radius 1 is 0.281 bits per heavy atom. The fraction of sp³-hybridized carbons (Fsp3) is 0. The Hall–Kier alpha value is -8.67. The first-order valence-electron chi connectivity index (χ1n) is 21.7. The molecule has 0 aliphatic heterocycles. The average molecular weight is 816 g/mol. The summed E-state index contributed by atoms with van der Waals surface area (Å²) < 4.78 is 4.83. The number of hydrogen-bond acceptors (Lipinski definition) is 3. The Balaban J connectivity index is 1.04.